The van der Waals surface area contributed by atoms with Crippen LogP contribution in [0.3, 0.4) is 0 Å². The van der Waals surface area contributed by atoms with Gasteiger partial charge >= 0.3 is 6.09 Å². The maximum atomic E-state index is 13.9. The lowest BCUT2D eigenvalue weighted by atomic mass is 10.0. The molecule has 8 aromatic rings. The number of alkyl carbamates (subject to hydrolysis) is 1. The molecule has 4 heterocycles. The fraction of sp³-hybridized carbons (Fsp3) is 0.261. The van der Waals surface area contributed by atoms with Crippen LogP contribution in [0.4, 0.5) is 16.2 Å². The molecule has 91 heavy (non-hydrogen) atoms. The maximum absolute atomic E-state index is 13.9. The number of amides is 5. The average Bonchev–Trinajstić information content (AvgIpc) is 1.92. The first-order chi connectivity index (χ1) is 42.7. The Kier molecular flexibility index (Phi) is 23.4. The Morgan fingerprint density at radius 1 is 0.604 bits per heavy atom. The van der Waals surface area contributed by atoms with E-state index in [2.05, 4.69) is 49.8 Å². The number of hydrogen-bond acceptors (Lipinski definition) is 13. The molecule has 0 unspecified atom stereocenters. The Labute approximate surface area is 539 Å². The number of hydrogen-bond donors (Lipinski definition) is 6. The summed E-state index contributed by atoms with van der Waals surface area (Å²) < 4.78 is 19.7. The molecule has 0 saturated carbocycles. The highest BCUT2D eigenvalue weighted by Crippen LogP contribution is 2.34. The number of rotatable bonds is 11. The average molecular weight is 1270 g/mol. The van der Waals surface area contributed by atoms with Crippen molar-refractivity contribution in [2.75, 3.05) is 50.2 Å². The van der Waals surface area contributed by atoms with Crippen molar-refractivity contribution in [1.29, 1.82) is 0 Å². The van der Waals surface area contributed by atoms with E-state index in [1.165, 1.54) is 21.9 Å². The number of phenols is 2. The number of nitrogens with one attached hydrogen (secondary N) is 3. The van der Waals surface area contributed by atoms with Gasteiger partial charge in [-0.25, -0.2) is 4.79 Å². The van der Waals surface area contributed by atoms with Gasteiger partial charge in [0.2, 0.25) is 17.7 Å². The number of carbonyl (C=O) groups excluding carboxylic acids is 5. The largest absolute Gasteiger partial charge is 0.507 e. The van der Waals surface area contributed by atoms with Gasteiger partial charge in [0.05, 0.1) is 37.6 Å². The van der Waals surface area contributed by atoms with E-state index in [4.69, 9.17) is 43.1 Å². The van der Waals surface area contributed by atoms with Crippen LogP contribution >= 0.6 is 23.2 Å². The maximum Gasteiger partial charge on any atom is 0.408 e. The number of phenolic OH excluding ortho intramolecular Hbond substituents is 2. The van der Waals surface area contributed by atoms with E-state index < -0.39 is 47.7 Å². The number of nitrogens with two attached hydrogens (primary N) is 1. The summed E-state index contributed by atoms with van der Waals surface area (Å²) in [6.07, 6.45) is 2.77. The van der Waals surface area contributed by atoms with Gasteiger partial charge in [0.15, 0.2) is 0 Å². The number of carbonyl (C=O) groups is 5. The number of anilines is 2. The first-order valence-corrected chi connectivity index (χ1v) is 29.0. The second kappa shape index (κ2) is 31.0. The third-order valence-electron chi connectivity index (χ3n) is 14.0. The number of ether oxygens (including phenoxy) is 3. The summed E-state index contributed by atoms with van der Waals surface area (Å²) in [5.74, 6) is 10.9. The number of benzene rings is 6. The van der Waals surface area contributed by atoms with Crippen LogP contribution in [0, 0.1) is 23.7 Å². The van der Waals surface area contributed by atoms with Gasteiger partial charge in [0, 0.05) is 83.3 Å². The molecule has 2 saturated heterocycles. The second-order valence-electron chi connectivity index (χ2n) is 21.7. The quantitative estimate of drug-likeness (QED) is 0.0660. The Morgan fingerprint density at radius 3 is 1.45 bits per heavy atom. The summed E-state index contributed by atoms with van der Waals surface area (Å²) in [6, 6.07) is 37.6. The lowest BCUT2D eigenvalue weighted by Crippen LogP contribution is -2.57. The van der Waals surface area contributed by atoms with E-state index >= 15 is 0 Å². The van der Waals surface area contributed by atoms with Crippen molar-refractivity contribution >= 4 is 64.3 Å². The molecule has 10 rings (SSSR count). The lowest BCUT2D eigenvalue weighted by Gasteiger charge is -2.37. The molecular weight excluding hydrogens is 1200 g/mol. The SMILES string of the molecule is C.C.Cn1cc(C#Cc2ccc(NC(=O)[C@@H]3COCCN3C(=O)[C@H](N)c3ccccc3)cc2)c(-c2cc(Cl)ccc2O)n1.Cn1cc(C#Cc2ccc(NC(=O)[C@@H]3COCCN3C(=O)[C@H](NC(=O)OC(C)(C)C)c3ccccc3)cc2)c(-c2cc(Cl)ccc2O)n1. The van der Waals surface area contributed by atoms with Crippen molar-refractivity contribution in [3.8, 4) is 57.7 Å². The van der Waals surface area contributed by atoms with Gasteiger partial charge in [-0.3, -0.25) is 28.5 Å². The standard InChI is InChI=1S/C36H36ClN5O6.C31H28ClN5O4.2CH4/c1-36(2,3)48-35(46)39-32(24-8-6-5-7-9-24)34(45)42-18-19-47-22-29(42)33(44)38-27-15-11-23(12-16-27)10-13-25-21-41(4)40-31(25)28-20-26(37)14-17-30(28)43;1-36-18-22(29(35-36)25-17-23(32)11-14-27(25)38)10-7-20-8-12-24(13-9-20)34-30(39)26-19-41-16-15-37(26)31(40)28(33)21-5-3-2-4-6-21;;/h5-9,11-12,14-17,20-21,29,32,43H,18-19,22H2,1-4H3,(H,38,44)(H,39,46);2-6,8-9,11-14,17-18,26,28,38H,15-16,19,33H2,1H3,(H,34,39);2*1H4/t29-,32+;26-,28+;;/m00../s1. The predicted molar refractivity (Wildman–Crippen MR) is 351 cm³/mol. The monoisotopic (exact) mass is 1270 g/mol. The van der Waals surface area contributed by atoms with E-state index in [0.717, 1.165) is 0 Å². The van der Waals surface area contributed by atoms with E-state index in [1.54, 1.807) is 166 Å². The minimum absolute atomic E-state index is 0. The van der Waals surface area contributed by atoms with Crippen molar-refractivity contribution < 1.29 is 48.4 Å². The number of nitrogens with zero attached hydrogens (tertiary/aromatic N) is 6. The van der Waals surface area contributed by atoms with Gasteiger partial charge in [0.1, 0.15) is 52.7 Å². The number of morpholine rings is 2. The minimum Gasteiger partial charge on any atom is -0.507 e. The molecule has 5 amide bonds. The molecule has 2 aromatic heterocycles. The minimum atomic E-state index is -1.07. The molecule has 2 aliphatic heterocycles. The first-order valence-electron chi connectivity index (χ1n) is 28.2. The molecule has 0 bridgehead atoms. The van der Waals surface area contributed by atoms with Gasteiger partial charge in [0.25, 0.3) is 5.91 Å². The fourth-order valence-electron chi connectivity index (χ4n) is 9.63. The molecule has 0 aliphatic carbocycles. The number of aromatic hydroxyl groups is 2. The van der Waals surface area contributed by atoms with Gasteiger partial charge in [-0.15, -0.1) is 0 Å². The molecule has 20 nitrogen and oxygen atoms in total. The highest BCUT2D eigenvalue weighted by atomic mass is 35.5. The zero-order chi connectivity index (χ0) is 63.4. The summed E-state index contributed by atoms with van der Waals surface area (Å²) >= 11 is 12.3. The van der Waals surface area contributed by atoms with Crippen LogP contribution in [0.25, 0.3) is 22.5 Å². The van der Waals surface area contributed by atoms with E-state index in [1.807, 2.05) is 24.3 Å². The van der Waals surface area contributed by atoms with Crippen molar-refractivity contribution in [3.63, 3.8) is 0 Å². The zero-order valence-corrected chi connectivity index (χ0v) is 50.8. The van der Waals surface area contributed by atoms with Gasteiger partial charge in [-0.1, -0.05) is 122 Å². The van der Waals surface area contributed by atoms with Crippen LogP contribution in [0.2, 0.25) is 10.0 Å². The molecule has 2 fully saturated rings. The fourth-order valence-corrected chi connectivity index (χ4v) is 9.98. The Bertz CT molecular complexity index is 4000. The van der Waals surface area contributed by atoms with Crippen LogP contribution in [0.15, 0.2) is 158 Å². The van der Waals surface area contributed by atoms with Gasteiger partial charge < -0.3 is 55.9 Å². The highest BCUT2D eigenvalue weighted by molar-refractivity contribution is 6.31. The Morgan fingerprint density at radius 2 is 1.02 bits per heavy atom. The van der Waals surface area contributed by atoms with E-state index in [-0.39, 0.29) is 71.1 Å². The summed E-state index contributed by atoms with van der Waals surface area (Å²) in [6.45, 7) is 6.29. The van der Waals surface area contributed by atoms with Gasteiger partial charge in [-0.2, -0.15) is 10.2 Å². The van der Waals surface area contributed by atoms with Crippen molar-refractivity contribution in [3.05, 3.63) is 201 Å². The second-order valence-corrected chi connectivity index (χ2v) is 22.6. The van der Waals surface area contributed by atoms with Gasteiger partial charge in [-0.05, 0) is 117 Å². The lowest BCUT2D eigenvalue weighted by molar-refractivity contribution is -0.148. The molecular formula is C69H72Cl2N10O10. The number of halogens is 2. The molecule has 7 N–H and O–H groups in total. The van der Waals surface area contributed by atoms with Crippen molar-refractivity contribution in [2.45, 2.75) is 65.4 Å². The number of aromatic nitrogens is 4. The Hall–Kier alpha value is -9.93. The molecule has 4 atom stereocenters. The summed E-state index contributed by atoms with van der Waals surface area (Å²) in [5, 5.41) is 38.9. The summed E-state index contributed by atoms with van der Waals surface area (Å²) in [7, 11) is 3.54. The molecule has 6 aromatic carbocycles. The van der Waals surface area contributed by atoms with E-state index in [9.17, 15) is 34.2 Å². The normalized spacial score (nSPS) is 14.9. The first kappa shape index (κ1) is 68.6. The topological polar surface area (TPSA) is 258 Å². The van der Waals surface area contributed by atoms with Crippen LogP contribution < -0.4 is 21.7 Å². The van der Waals surface area contributed by atoms with E-state index in [0.29, 0.717) is 83.9 Å². The third kappa shape index (κ3) is 17.9. The molecule has 0 radical (unpaired) electrons. The zero-order valence-electron chi connectivity index (χ0n) is 49.2. The molecule has 22 heteroatoms. The highest BCUT2D eigenvalue weighted by Gasteiger charge is 2.39. The molecule has 0 spiro atoms. The Balaban J connectivity index is 0.000000256. The number of aryl methyl sites for hydroxylation is 2. The van der Waals surface area contributed by atoms with Crippen molar-refractivity contribution in [2.24, 2.45) is 19.8 Å². The molecule has 472 valence electrons. The van der Waals surface area contributed by atoms with Crippen LogP contribution in [0.5, 0.6) is 11.5 Å². The summed E-state index contributed by atoms with van der Waals surface area (Å²) in [5.41, 5.74) is 12.3. The van der Waals surface area contributed by atoms with Crippen LogP contribution in [-0.4, -0.2) is 126 Å². The smallest absolute Gasteiger partial charge is 0.408 e. The predicted octanol–water partition coefficient (Wildman–Crippen LogP) is 10.3. The summed E-state index contributed by atoms with van der Waals surface area (Å²) in [4.78, 5) is 69.4. The van der Waals surface area contributed by atoms with Crippen LogP contribution in [-0.2, 0) is 47.5 Å². The van der Waals surface area contributed by atoms with Crippen LogP contribution in [0.1, 0.15) is 81.1 Å². The van der Waals surface area contributed by atoms with Crippen molar-refractivity contribution in [1.82, 2.24) is 34.7 Å². The third-order valence-corrected chi connectivity index (χ3v) is 14.4. The molecule has 2 aliphatic rings.